The molecule has 5 atom stereocenters. The predicted octanol–water partition coefficient (Wildman–Crippen LogP) is -3.44. The van der Waals surface area contributed by atoms with E-state index >= 15 is 0 Å². The zero-order valence-corrected chi connectivity index (χ0v) is 6.91. The lowest BCUT2D eigenvalue weighted by atomic mass is 9.78. The molecule has 1 fully saturated rings. The summed E-state index contributed by atoms with van der Waals surface area (Å²) in [6.45, 7) is -0.783. The molecule has 0 aliphatic heterocycles. The Hall–Kier alpha value is -0.240. The standard InChI is InChI=1S/C7H14O6/c8-2-7(13)1-3(9)4(10)5(11)6(7)12/h3-6,8-13H,1-2H2/t3-,4+,5-,6+,7+/m1/s1. The van der Waals surface area contributed by atoms with Crippen LogP contribution in [0.3, 0.4) is 0 Å². The molecule has 0 spiro atoms. The van der Waals surface area contributed by atoms with Crippen LogP contribution in [0.5, 0.6) is 0 Å². The van der Waals surface area contributed by atoms with Crippen LogP contribution >= 0.6 is 0 Å². The fraction of sp³-hybridized carbons (Fsp3) is 1.00. The molecule has 0 bridgehead atoms. The van der Waals surface area contributed by atoms with Crippen molar-refractivity contribution >= 4 is 0 Å². The van der Waals surface area contributed by atoms with E-state index in [2.05, 4.69) is 0 Å². The zero-order valence-electron chi connectivity index (χ0n) is 6.91. The van der Waals surface area contributed by atoms with Crippen LogP contribution in [0.4, 0.5) is 0 Å². The van der Waals surface area contributed by atoms with E-state index in [1.807, 2.05) is 0 Å². The molecule has 6 nitrogen and oxygen atoms in total. The summed E-state index contributed by atoms with van der Waals surface area (Å²) in [7, 11) is 0. The number of aliphatic hydroxyl groups excluding tert-OH is 5. The Morgan fingerprint density at radius 3 is 2.08 bits per heavy atom. The molecule has 0 amide bonds. The fourth-order valence-electron chi connectivity index (χ4n) is 1.49. The Morgan fingerprint density at radius 1 is 1.08 bits per heavy atom. The number of aliphatic hydroxyl groups is 6. The summed E-state index contributed by atoms with van der Waals surface area (Å²) in [5.74, 6) is 0. The molecule has 1 aliphatic rings. The molecular formula is C7H14O6. The van der Waals surface area contributed by atoms with Crippen LogP contribution in [-0.2, 0) is 0 Å². The molecule has 0 radical (unpaired) electrons. The van der Waals surface area contributed by atoms with Gasteiger partial charge in [-0.1, -0.05) is 0 Å². The first kappa shape index (κ1) is 10.8. The molecule has 0 aromatic carbocycles. The van der Waals surface area contributed by atoms with Crippen molar-refractivity contribution in [2.75, 3.05) is 6.61 Å². The van der Waals surface area contributed by atoms with E-state index in [0.717, 1.165) is 0 Å². The van der Waals surface area contributed by atoms with E-state index in [9.17, 15) is 10.2 Å². The third-order valence-electron chi connectivity index (χ3n) is 2.45. The fourth-order valence-corrected chi connectivity index (χ4v) is 1.49. The average Bonchev–Trinajstić information content (AvgIpc) is 2.12. The van der Waals surface area contributed by atoms with Crippen LogP contribution in [0.15, 0.2) is 0 Å². The van der Waals surface area contributed by atoms with Gasteiger partial charge in [0.2, 0.25) is 0 Å². The van der Waals surface area contributed by atoms with E-state index in [4.69, 9.17) is 20.4 Å². The number of hydrogen-bond donors (Lipinski definition) is 6. The van der Waals surface area contributed by atoms with Gasteiger partial charge in [0.25, 0.3) is 0 Å². The molecule has 6 heteroatoms. The molecule has 0 aromatic heterocycles. The maximum Gasteiger partial charge on any atom is 0.119 e. The van der Waals surface area contributed by atoms with Gasteiger partial charge in [0.15, 0.2) is 0 Å². The molecule has 0 saturated heterocycles. The minimum absolute atomic E-state index is 0.372. The van der Waals surface area contributed by atoms with Crippen molar-refractivity contribution in [3.63, 3.8) is 0 Å². The quantitative estimate of drug-likeness (QED) is 0.258. The van der Waals surface area contributed by atoms with Gasteiger partial charge in [0, 0.05) is 6.42 Å². The van der Waals surface area contributed by atoms with Gasteiger partial charge < -0.3 is 30.6 Å². The minimum Gasteiger partial charge on any atom is -0.393 e. The lowest BCUT2D eigenvalue weighted by molar-refractivity contribution is -0.228. The topological polar surface area (TPSA) is 121 Å². The Bertz CT molecular complexity index is 186. The molecule has 1 saturated carbocycles. The zero-order chi connectivity index (χ0) is 10.2. The number of hydrogen-bond acceptors (Lipinski definition) is 6. The first-order valence-corrected chi connectivity index (χ1v) is 3.98. The maximum absolute atomic E-state index is 9.48. The summed E-state index contributed by atoms with van der Waals surface area (Å²) in [5.41, 5.74) is -1.95. The molecule has 1 rings (SSSR count). The molecule has 0 unspecified atom stereocenters. The van der Waals surface area contributed by atoms with Crippen LogP contribution in [-0.4, -0.2) is 67.3 Å². The smallest absolute Gasteiger partial charge is 0.119 e. The van der Waals surface area contributed by atoms with Crippen molar-refractivity contribution in [1.82, 2.24) is 0 Å². The van der Waals surface area contributed by atoms with Crippen LogP contribution < -0.4 is 0 Å². The summed E-state index contributed by atoms with van der Waals surface area (Å²) in [5, 5.41) is 54.8. The van der Waals surface area contributed by atoms with E-state index in [0.29, 0.717) is 0 Å². The highest BCUT2D eigenvalue weighted by Gasteiger charge is 2.50. The average molecular weight is 194 g/mol. The SMILES string of the molecule is OC[C@@]1(O)C[C@@H](O)[C@H](O)[C@@H](O)[C@@H]1O. The Labute approximate surface area is 74.7 Å². The van der Waals surface area contributed by atoms with Gasteiger partial charge in [-0.25, -0.2) is 0 Å². The van der Waals surface area contributed by atoms with Crippen molar-refractivity contribution < 1.29 is 30.6 Å². The van der Waals surface area contributed by atoms with Crippen LogP contribution in [0, 0.1) is 0 Å². The highest BCUT2D eigenvalue weighted by atomic mass is 16.4. The van der Waals surface area contributed by atoms with Crippen molar-refractivity contribution in [3.8, 4) is 0 Å². The minimum atomic E-state index is -1.95. The molecule has 0 heterocycles. The van der Waals surface area contributed by atoms with Gasteiger partial charge in [-0.2, -0.15) is 0 Å². The lowest BCUT2D eigenvalue weighted by Crippen LogP contribution is -2.64. The summed E-state index contributed by atoms with van der Waals surface area (Å²) in [6.07, 6.45) is -6.53. The van der Waals surface area contributed by atoms with Gasteiger partial charge in [-0.05, 0) is 0 Å². The lowest BCUT2D eigenvalue weighted by Gasteiger charge is -2.43. The van der Waals surface area contributed by atoms with Crippen molar-refractivity contribution in [2.45, 2.75) is 36.4 Å². The van der Waals surface area contributed by atoms with Crippen molar-refractivity contribution in [2.24, 2.45) is 0 Å². The van der Waals surface area contributed by atoms with Gasteiger partial charge in [0.05, 0.1) is 12.7 Å². The Balaban J connectivity index is 2.82. The first-order chi connectivity index (χ1) is 5.92. The highest BCUT2D eigenvalue weighted by molar-refractivity contribution is 5.01. The third-order valence-corrected chi connectivity index (χ3v) is 2.45. The van der Waals surface area contributed by atoms with Crippen LogP contribution in [0.25, 0.3) is 0 Å². The summed E-state index contributed by atoms with van der Waals surface area (Å²) >= 11 is 0. The second-order valence-corrected chi connectivity index (χ2v) is 3.46. The molecular weight excluding hydrogens is 180 g/mol. The van der Waals surface area contributed by atoms with E-state index < -0.39 is 36.6 Å². The Kier molecular flexibility index (Phi) is 2.91. The summed E-state index contributed by atoms with van der Waals surface area (Å²) in [4.78, 5) is 0. The molecule has 78 valence electrons. The van der Waals surface area contributed by atoms with Crippen molar-refractivity contribution in [1.29, 1.82) is 0 Å². The highest BCUT2D eigenvalue weighted by Crippen LogP contribution is 2.29. The summed E-state index contributed by atoms with van der Waals surface area (Å²) in [6, 6.07) is 0. The van der Waals surface area contributed by atoms with Crippen LogP contribution in [0.1, 0.15) is 6.42 Å². The second kappa shape index (κ2) is 3.49. The normalized spacial score (nSPS) is 52.2. The molecule has 0 aromatic rings. The van der Waals surface area contributed by atoms with E-state index in [1.165, 1.54) is 0 Å². The largest absolute Gasteiger partial charge is 0.393 e. The van der Waals surface area contributed by atoms with E-state index in [1.54, 1.807) is 0 Å². The monoisotopic (exact) mass is 194 g/mol. The van der Waals surface area contributed by atoms with E-state index in [-0.39, 0.29) is 6.42 Å². The number of rotatable bonds is 1. The van der Waals surface area contributed by atoms with Crippen LogP contribution in [0.2, 0.25) is 0 Å². The molecule has 6 N–H and O–H groups in total. The second-order valence-electron chi connectivity index (χ2n) is 3.46. The van der Waals surface area contributed by atoms with Gasteiger partial charge in [0.1, 0.15) is 23.9 Å². The third kappa shape index (κ3) is 1.69. The molecule has 13 heavy (non-hydrogen) atoms. The predicted molar refractivity (Wildman–Crippen MR) is 40.7 cm³/mol. The summed E-state index contributed by atoms with van der Waals surface area (Å²) < 4.78 is 0. The Morgan fingerprint density at radius 2 is 1.62 bits per heavy atom. The van der Waals surface area contributed by atoms with Crippen molar-refractivity contribution in [3.05, 3.63) is 0 Å². The molecule has 1 aliphatic carbocycles. The van der Waals surface area contributed by atoms with Gasteiger partial charge >= 0.3 is 0 Å². The maximum atomic E-state index is 9.48. The van der Waals surface area contributed by atoms with Gasteiger partial charge in [-0.15, -0.1) is 0 Å². The first-order valence-electron chi connectivity index (χ1n) is 3.98. The van der Waals surface area contributed by atoms with Gasteiger partial charge in [-0.3, -0.25) is 0 Å².